The quantitative estimate of drug-likeness (QED) is 0.183. The summed E-state index contributed by atoms with van der Waals surface area (Å²) in [5.41, 5.74) is 0.829. The van der Waals surface area contributed by atoms with E-state index in [4.69, 9.17) is 0 Å². The molecule has 0 N–H and O–H groups in total. The van der Waals surface area contributed by atoms with Gasteiger partial charge in [0.2, 0.25) is 10.0 Å². The molecule has 226 valence electrons. The topological polar surface area (TPSA) is 109 Å². The average Bonchev–Trinajstić information content (AvgIpc) is 3.00. The summed E-state index contributed by atoms with van der Waals surface area (Å²) >= 11 is 0. The van der Waals surface area contributed by atoms with E-state index in [1.165, 1.54) is 91.0 Å². The lowest BCUT2D eigenvalue weighted by Gasteiger charge is -2.34. The van der Waals surface area contributed by atoms with E-state index in [-0.39, 0.29) is 30.5 Å². The van der Waals surface area contributed by atoms with Gasteiger partial charge in [0.15, 0.2) is 0 Å². The number of halogens is 1. The Balaban J connectivity index is 1.91. The molecule has 0 bridgehead atoms. The van der Waals surface area contributed by atoms with Gasteiger partial charge in [0.05, 0.1) is 20.7 Å². The van der Waals surface area contributed by atoms with Crippen molar-refractivity contribution < 1.29 is 29.6 Å². The molecule has 4 rings (SSSR count). The van der Waals surface area contributed by atoms with Crippen molar-refractivity contribution in [3.05, 3.63) is 139 Å². The van der Waals surface area contributed by atoms with Crippen molar-refractivity contribution in [3.8, 4) is 0 Å². The fraction of sp³-hybridized carbons (Fsp3) is 0.161. The molecule has 0 saturated carbocycles. The summed E-state index contributed by atoms with van der Waals surface area (Å²) in [6, 6.07) is 25.1. The molecular formula is C31H31FN2O6S3. The number of nitrogens with zero attached hydrogens (tertiary/aromatic N) is 2. The maximum atomic E-state index is 16.9. The number of sulfonamides is 3. The van der Waals surface area contributed by atoms with Crippen molar-refractivity contribution in [2.75, 3.05) is 13.1 Å². The molecule has 0 aliphatic rings. The number of aryl methyl sites for hydroxylation is 1. The molecule has 0 spiro atoms. The van der Waals surface area contributed by atoms with Crippen LogP contribution in [-0.2, 0) is 30.1 Å². The predicted molar refractivity (Wildman–Crippen MR) is 163 cm³/mol. The second kappa shape index (κ2) is 13.3. The lowest BCUT2D eigenvalue weighted by Crippen LogP contribution is -2.47. The molecule has 12 heteroatoms. The van der Waals surface area contributed by atoms with E-state index in [0.29, 0.717) is 0 Å². The highest BCUT2D eigenvalue weighted by Gasteiger charge is 2.47. The summed E-state index contributed by atoms with van der Waals surface area (Å²) in [5, 5.41) is 0. The van der Waals surface area contributed by atoms with Crippen molar-refractivity contribution >= 4 is 30.1 Å². The Hall–Kier alpha value is -3.68. The Morgan fingerprint density at radius 1 is 0.651 bits per heavy atom. The van der Waals surface area contributed by atoms with Gasteiger partial charge in [-0.2, -0.15) is 4.31 Å². The van der Waals surface area contributed by atoms with E-state index in [0.717, 1.165) is 9.87 Å². The molecular weight excluding hydrogens is 612 g/mol. The summed E-state index contributed by atoms with van der Waals surface area (Å²) < 4.78 is 102. The lowest BCUT2D eigenvalue weighted by atomic mass is 10.0. The molecule has 0 aliphatic heterocycles. The molecule has 0 aromatic heterocycles. The zero-order valence-corrected chi connectivity index (χ0v) is 25.7. The smallest absolute Gasteiger partial charge is 0.244 e. The molecule has 4 aromatic carbocycles. The largest absolute Gasteiger partial charge is 0.257 e. The van der Waals surface area contributed by atoms with Crippen molar-refractivity contribution in [2.45, 2.75) is 33.8 Å². The van der Waals surface area contributed by atoms with Crippen LogP contribution in [0, 0.1) is 6.92 Å². The minimum absolute atomic E-state index is 0.0142. The molecule has 0 radical (unpaired) electrons. The Bertz CT molecular complexity index is 1780. The monoisotopic (exact) mass is 642 g/mol. The minimum Gasteiger partial charge on any atom is -0.244 e. The van der Waals surface area contributed by atoms with Crippen LogP contribution in [0.1, 0.15) is 17.2 Å². The highest BCUT2D eigenvalue weighted by molar-refractivity contribution is 8.04. The number of hydrogen-bond acceptors (Lipinski definition) is 6. The number of hydrogen-bond donors (Lipinski definition) is 0. The zero-order valence-electron chi connectivity index (χ0n) is 23.3. The number of benzene rings is 4. The third kappa shape index (κ3) is 6.94. The van der Waals surface area contributed by atoms with E-state index >= 15 is 4.39 Å². The van der Waals surface area contributed by atoms with Crippen LogP contribution < -0.4 is 0 Å². The lowest BCUT2D eigenvalue weighted by molar-refractivity contribution is 0.193. The van der Waals surface area contributed by atoms with Crippen molar-refractivity contribution in [3.63, 3.8) is 0 Å². The maximum absolute atomic E-state index is 16.9. The Morgan fingerprint density at radius 3 is 1.51 bits per heavy atom. The Labute approximate surface area is 252 Å². The van der Waals surface area contributed by atoms with Crippen LogP contribution in [0.25, 0.3) is 0 Å². The first-order valence-electron chi connectivity index (χ1n) is 13.2. The normalized spacial score (nSPS) is 14.0. The van der Waals surface area contributed by atoms with Gasteiger partial charge >= 0.3 is 0 Å². The van der Waals surface area contributed by atoms with E-state index in [2.05, 4.69) is 6.58 Å². The van der Waals surface area contributed by atoms with Gasteiger partial charge in [-0.15, -0.1) is 6.58 Å². The third-order valence-corrected chi connectivity index (χ3v) is 12.8. The van der Waals surface area contributed by atoms with E-state index in [1.807, 2.05) is 0 Å². The second-order valence-electron chi connectivity index (χ2n) is 9.66. The van der Waals surface area contributed by atoms with E-state index in [9.17, 15) is 25.3 Å². The van der Waals surface area contributed by atoms with Gasteiger partial charge in [0.1, 0.15) is 6.17 Å². The van der Waals surface area contributed by atoms with Crippen LogP contribution in [-0.4, -0.2) is 52.5 Å². The fourth-order valence-electron chi connectivity index (χ4n) is 4.50. The van der Waals surface area contributed by atoms with Crippen molar-refractivity contribution in [1.29, 1.82) is 0 Å². The molecule has 0 aliphatic carbocycles. The zero-order chi connectivity index (χ0) is 31.3. The van der Waals surface area contributed by atoms with Gasteiger partial charge < -0.3 is 0 Å². The summed E-state index contributed by atoms with van der Waals surface area (Å²) in [6.07, 6.45) is -1.07. The molecule has 0 fully saturated rings. The first kappa shape index (κ1) is 32.2. The van der Waals surface area contributed by atoms with Gasteiger partial charge in [0.25, 0.3) is 20.0 Å². The highest BCUT2D eigenvalue weighted by Crippen LogP contribution is 2.38. The standard InChI is InChI=1S/C31H31FN2O6S3/c1-3-23-33(41(35,36)29-21-19-25(2)20-22-29)24-30(32)31(26-13-7-4-8-14-26)34(42(37,38)27-15-9-5-10-16-27)43(39,40)28-17-11-6-12-18-28/h3-22,30-31H,1,23-24H2,2H3/t30-,31+/m1/s1. The van der Waals surface area contributed by atoms with Crippen LogP contribution >= 0.6 is 0 Å². The van der Waals surface area contributed by atoms with Crippen LogP contribution in [0.4, 0.5) is 4.39 Å². The van der Waals surface area contributed by atoms with Crippen LogP contribution in [0.5, 0.6) is 0 Å². The van der Waals surface area contributed by atoms with E-state index in [1.54, 1.807) is 37.3 Å². The fourth-order valence-corrected chi connectivity index (χ4v) is 9.99. The van der Waals surface area contributed by atoms with E-state index < -0.39 is 48.8 Å². The summed E-state index contributed by atoms with van der Waals surface area (Å²) in [7, 11) is -14.1. The Morgan fingerprint density at radius 2 is 1.07 bits per heavy atom. The summed E-state index contributed by atoms with van der Waals surface area (Å²) in [5.74, 6) is 0. The second-order valence-corrected chi connectivity index (χ2v) is 15.5. The first-order valence-corrected chi connectivity index (χ1v) is 17.5. The third-order valence-electron chi connectivity index (χ3n) is 6.64. The van der Waals surface area contributed by atoms with Crippen LogP contribution in [0.15, 0.2) is 143 Å². The molecule has 0 unspecified atom stereocenters. The minimum atomic E-state index is -4.92. The molecule has 0 amide bonds. The van der Waals surface area contributed by atoms with Crippen LogP contribution in [0.2, 0.25) is 0 Å². The summed E-state index contributed by atoms with van der Waals surface area (Å²) in [6.45, 7) is 4.20. The van der Waals surface area contributed by atoms with Gasteiger partial charge in [-0.1, -0.05) is 94.2 Å². The number of rotatable bonds is 13. The molecule has 2 atom stereocenters. The summed E-state index contributed by atoms with van der Waals surface area (Å²) in [4.78, 5) is -0.857. The predicted octanol–water partition coefficient (Wildman–Crippen LogP) is 5.33. The average molecular weight is 643 g/mol. The number of alkyl halides is 1. The molecule has 0 saturated heterocycles. The molecule has 0 heterocycles. The SMILES string of the molecule is C=CCN(C[C@@H](F)[C@H](c1ccccc1)N(S(=O)(=O)c1ccccc1)S(=O)(=O)c1ccccc1)S(=O)(=O)c1ccc(C)cc1. The van der Waals surface area contributed by atoms with Gasteiger partial charge in [-0.25, -0.2) is 29.6 Å². The van der Waals surface area contributed by atoms with Crippen LogP contribution in [0.3, 0.4) is 0 Å². The van der Waals surface area contributed by atoms with Gasteiger partial charge in [0, 0.05) is 13.1 Å². The van der Waals surface area contributed by atoms with Crippen molar-refractivity contribution in [2.24, 2.45) is 0 Å². The Kier molecular flexibility index (Phi) is 9.98. The molecule has 43 heavy (non-hydrogen) atoms. The molecule has 8 nitrogen and oxygen atoms in total. The maximum Gasteiger partial charge on any atom is 0.257 e. The van der Waals surface area contributed by atoms with Crippen molar-refractivity contribution in [1.82, 2.24) is 8.02 Å². The van der Waals surface area contributed by atoms with Gasteiger partial charge in [-0.3, -0.25) is 0 Å². The molecule has 4 aromatic rings. The van der Waals surface area contributed by atoms with Gasteiger partial charge in [-0.05, 0) is 48.9 Å². The first-order chi connectivity index (χ1) is 20.4. The highest BCUT2D eigenvalue weighted by atomic mass is 32.3.